The number of ether oxygens (including phenoxy) is 1. The Morgan fingerprint density at radius 1 is 0.793 bits per heavy atom. The molecule has 2 amide bonds. The second-order valence-electron chi connectivity index (χ2n) is 7.07. The molecule has 0 fully saturated rings. The van der Waals surface area contributed by atoms with Crippen LogP contribution in [0.3, 0.4) is 0 Å². The second-order valence-corrected chi connectivity index (χ2v) is 7.07. The van der Waals surface area contributed by atoms with Crippen molar-refractivity contribution in [2.24, 2.45) is 11.8 Å². The Morgan fingerprint density at radius 3 is 1.69 bits per heavy atom. The largest absolute Gasteiger partial charge is 0.465 e. The van der Waals surface area contributed by atoms with Crippen LogP contribution in [0.5, 0.6) is 0 Å². The summed E-state index contributed by atoms with van der Waals surface area (Å²) in [6.45, 7) is 1.98. The molecule has 0 heterocycles. The first-order chi connectivity index (χ1) is 14.0. The molecule has 0 saturated carbocycles. The van der Waals surface area contributed by atoms with E-state index in [1.54, 1.807) is 24.3 Å². The zero-order chi connectivity index (χ0) is 20.8. The smallest absolute Gasteiger partial charge is 0.337 e. The molecule has 150 valence electrons. The summed E-state index contributed by atoms with van der Waals surface area (Å²) >= 11 is 0. The first-order valence-corrected chi connectivity index (χ1v) is 9.49. The first kappa shape index (κ1) is 20.3. The van der Waals surface area contributed by atoms with Gasteiger partial charge in [0.2, 0.25) is 11.8 Å². The molecule has 0 radical (unpaired) electrons. The van der Waals surface area contributed by atoms with Gasteiger partial charge in [0.1, 0.15) is 0 Å². The number of allylic oxidation sites excluding steroid dienone is 2. The third-order valence-electron chi connectivity index (χ3n) is 5.00. The van der Waals surface area contributed by atoms with Gasteiger partial charge < -0.3 is 15.4 Å². The highest BCUT2D eigenvalue weighted by atomic mass is 16.5. The zero-order valence-corrected chi connectivity index (χ0v) is 16.5. The molecule has 0 aromatic heterocycles. The van der Waals surface area contributed by atoms with Gasteiger partial charge in [0.05, 0.1) is 24.5 Å². The van der Waals surface area contributed by atoms with E-state index in [0.717, 1.165) is 5.56 Å². The molecule has 2 N–H and O–H groups in total. The molecule has 29 heavy (non-hydrogen) atoms. The number of hydrogen-bond acceptors (Lipinski definition) is 4. The average molecular weight is 392 g/mol. The molecule has 6 nitrogen and oxygen atoms in total. The minimum absolute atomic E-state index is 0.167. The molecule has 2 aromatic carbocycles. The highest BCUT2D eigenvalue weighted by Gasteiger charge is 2.34. The number of carbonyl (C=O) groups excluding carboxylic acids is 3. The van der Waals surface area contributed by atoms with Crippen molar-refractivity contribution >= 4 is 29.2 Å². The standard InChI is InChI=1S/C23H24N2O4/c1-15-7-11-17(12-8-15)24-21(26)19-5-3-4-6-20(19)22(27)25-18-13-9-16(10-14-18)23(28)29-2/h3-4,7-14,19-20H,5-6H2,1-2H3,(H,24,26)(H,25,27). The number of aryl methyl sites for hydroxylation is 1. The molecule has 0 bridgehead atoms. The van der Waals surface area contributed by atoms with Crippen LogP contribution < -0.4 is 10.6 Å². The monoisotopic (exact) mass is 392 g/mol. The van der Waals surface area contributed by atoms with Crippen LogP contribution in [0, 0.1) is 18.8 Å². The molecule has 0 aliphatic heterocycles. The van der Waals surface area contributed by atoms with Crippen LogP contribution in [0.15, 0.2) is 60.7 Å². The Hall–Kier alpha value is -3.41. The van der Waals surface area contributed by atoms with Gasteiger partial charge in [-0.3, -0.25) is 9.59 Å². The van der Waals surface area contributed by atoms with Crippen molar-refractivity contribution in [2.45, 2.75) is 19.8 Å². The second kappa shape index (κ2) is 9.19. The van der Waals surface area contributed by atoms with Gasteiger partial charge in [0, 0.05) is 11.4 Å². The quantitative estimate of drug-likeness (QED) is 0.596. The van der Waals surface area contributed by atoms with E-state index >= 15 is 0 Å². The van der Waals surface area contributed by atoms with Crippen LogP contribution in [0.25, 0.3) is 0 Å². The van der Waals surface area contributed by atoms with Gasteiger partial charge in [-0.15, -0.1) is 0 Å². The maximum atomic E-state index is 12.8. The van der Waals surface area contributed by atoms with E-state index in [1.807, 2.05) is 43.3 Å². The summed E-state index contributed by atoms with van der Waals surface area (Å²) in [6, 6.07) is 14.0. The molecule has 1 aliphatic rings. The van der Waals surface area contributed by atoms with Crippen LogP contribution in [0.1, 0.15) is 28.8 Å². The molecule has 0 spiro atoms. The fourth-order valence-electron chi connectivity index (χ4n) is 3.31. The Balaban J connectivity index is 1.67. The number of rotatable bonds is 5. The lowest BCUT2D eigenvalue weighted by molar-refractivity contribution is -0.129. The van der Waals surface area contributed by atoms with Crippen molar-refractivity contribution in [3.8, 4) is 0 Å². The van der Waals surface area contributed by atoms with E-state index in [4.69, 9.17) is 0 Å². The van der Waals surface area contributed by atoms with E-state index < -0.39 is 17.8 Å². The molecular weight excluding hydrogens is 368 g/mol. The Kier molecular flexibility index (Phi) is 6.44. The third kappa shape index (κ3) is 5.10. The van der Waals surface area contributed by atoms with E-state index in [-0.39, 0.29) is 11.8 Å². The number of benzene rings is 2. The number of methoxy groups -OCH3 is 1. The lowest BCUT2D eigenvalue weighted by Crippen LogP contribution is -2.37. The van der Waals surface area contributed by atoms with Crippen molar-refractivity contribution in [2.75, 3.05) is 17.7 Å². The first-order valence-electron chi connectivity index (χ1n) is 9.49. The number of hydrogen-bond donors (Lipinski definition) is 2. The van der Waals surface area contributed by atoms with Gasteiger partial charge in [0.15, 0.2) is 0 Å². The SMILES string of the molecule is COC(=O)c1ccc(NC(=O)C2CC=CCC2C(=O)Nc2ccc(C)cc2)cc1. The molecular formula is C23H24N2O4. The minimum atomic E-state index is -0.467. The van der Waals surface area contributed by atoms with Crippen LogP contribution >= 0.6 is 0 Å². The summed E-state index contributed by atoms with van der Waals surface area (Å²) < 4.78 is 4.67. The summed E-state index contributed by atoms with van der Waals surface area (Å²) in [6.07, 6.45) is 4.88. The summed E-state index contributed by atoms with van der Waals surface area (Å²) in [7, 11) is 1.32. The van der Waals surface area contributed by atoms with Crippen molar-refractivity contribution in [1.82, 2.24) is 0 Å². The number of esters is 1. The Labute approximate surface area is 170 Å². The number of carbonyl (C=O) groups is 3. The van der Waals surface area contributed by atoms with Crippen LogP contribution in [0.4, 0.5) is 11.4 Å². The van der Waals surface area contributed by atoms with Gasteiger partial charge in [-0.05, 0) is 56.2 Å². The van der Waals surface area contributed by atoms with Crippen molar-refractivity contribution in [3.63, 3.8) is 0 Å². The van der Waals surface area contributed by atoms with E-state index in [0.29, 0.717) is 29.8 Å². The minimum Gasteiger partial charge on any atom is -0.465 e. The van der Waals surface area contributed by atoms with E-state index in [2.05, 4.69) is 15.4 Å². The van der Waals surface area contributed by atoms with Crippen molar-refractivity contribution in [1.29, 1.82) is 0 Å². The number of nitrogens with one attached hydrogen (secondary N) is 2. The maximum absolute atomic E-state index is 12.8. The summed E-state index contributed by atoms with van der Waals surface area (Å²) in [5.74, 6) is -1.74. The van der Waals surface area contributed by atoms with Crippen LogP contribution in [0.2, 0.25) is 0 Å². The van der Waals surface area contributed by atoms with Gasteiger partial charge in [-0.2, -0.15) is 0 Å². The third-order valence-corrected chi connectivity index (χ3v) is 5.00. The lowest BCUT2D eigenvalue weighted by atomic mass is 9.81. The zero-order valence-electron chi connectivity index (χ0n) is 16.5. The molecule has 2 aromatic rings. The van der Waals surface area contributed by atoms with Crippen molar-refractivity contribution in [3.05, 3.63) is 71.8 Å². The molecule has 6 heteroatoms. The summed E-state index contributed by atoms with van der Waals surface area (Å²) in [5, 5.41) is 5.76. The van der Waals surface area contributed by atoms with Crippen LogP contribution in [-0.4, -0.2) is 24.9 Å². The predicted octanol–water partition coefficient (Wildman–Crippen LogP) is 3.94. The normalized spacial score (nSPS) is 18.0. The highest BCUT2D eigenvalue weighted by molar-refractivity contribution is 6.00. The van der Waals surface area contributed by atoms with Gasteiger partial charge >= 0.3 is 5.97 Å². The van der Waals surface area contributed by atoms with Gasteiger partial charge in [-0.25, -0.2) is 4.79 Å². The fourth-order valence-corrected chi connectivity index (χ4v) is 3.31. The maximum Gasteiger partial charge on any atom is 0.337 e. The Bertz CT molecular complexity index is 917. The molecule has 2 unspecified atom stereocenters. The summed E-state index contributed by atoms with van der Waals surface area (Å²) in [5.41, 5.74) is 2.79. The van der Waals surface area contributed by atoms with Gasteiger partial charge in [-0.1, -0.05) is 29.8 Å². The van der Waals surface area contributed by atoms with Crippen molar-refractivity contribution < 1.29 is 19.1 Å². The van der Waals surface area contributed by atoms with Crippen LogP contribution in [-0.2, 0) is 14.3 Å². The molecule has 3 rings (SSSR count). The fraction of sp³-hybridized carbons (Fsp3) is 0.261. The molecule has 1 aliphatic carbocycles. The molecule has 0 saturated heterocycles. The number of amides is 2. The lowest BCUT2D eigenvalue weighted by Gasteiger charge is -2.26. The predicted molar refractivity (Wildman–Crippen MR) is 112 cm³/mol. The number of anilines is 2. The molecule has 2 atom stereocenters. The highest BCUT2D eigenvalue weighted by Crippen LogP contribution is 2.28. The summed E-state index contributed by atoms with van der Waals surface area (Å²) in [4.78, 5) is 37.2. The van der Waals surface area contributed by atoms with E-state index in [1.165, 1.54) is 7.11 Å². The van der Waals surface area contributed by atoms with Gasteiger partial charge in [0.25, 0.3) is 0 Å². The Morgan fingerprint density at radius 2 is 1.24 bits per heavy atom. The topological polar surface area (TPSA) is 84.5 Å². The van der Waals surface area contributed by atoms with E-state index in [9.17, 15) is 14.4 Å². The average Bonchev–Trinajstić information content (AvgIpc) is 2.75.